The maximum atomic E-state index is 12.7. The highest BCUT2D eigenvalue weighted by atomic mass is 16.5. The molecule has 2 aliphatic rings. The summed E-state index contributed by atoms with van der Waals surface area (Å²) < 4.78 is 11.0. The maximum absolute atomic E-state index is 12.7. The summed E-state index contributed by atoms with van der Waals surface area (Å²) in [4.78, 5) is 25.5. The SMILES string of the molecule is Cc1noc(CC(=O)N2CCOC[C@]3(CCN(c4ccccn4)C3)C2)n1. The second-order valence-corrected chi connectivity index (χ2v) is 7.14. The second-order valence-electron chi connectivity index (χ2n) is 7.14. The molecule has 8 heteroatoms. The van der Waals surface area contributed by atoms with Gasteiger partial charge in [0, 0.05) is 37.8 Å². The first-order valence-corrected chi connectivity index (χ1v) is 8.94. The highest BCUT2D eigenvalue weighted by molar-refractivity contribution is 5.78. The van der Waals surface area contributed by atoms with E-state index in [-0.39, 0.29) is 17.7 Å². The average molecular weight is 357 g/mol. The van der Waals surface area contributed by atoms with Gasteiger partial charge in [0.15, 0.2) is 5.82 Å². The van der Waals surface area contributed by atoms with Crippen molar-refractivity contribution in [1.29, 1.82) is 0 Å². The number of hydrogen-bond donors (Lipinski definition) is 0. The Morgan fingerprint density at radius 1 is 1.31 bits per heavy atom. The zero-order valence-corrected chi connectivity index (χ0v) is 14.9. The fraction of sp³-hybridized carbons (Fsp3) is 0.556. The van der Waals surface area contributed by atoms with E-state index in [1.807, 2.05) is 29.3 Å². The number of aryl methyl sites for hydroxylation is 1. The molecule has 2 aromatic heterocycles. The van der Waals surface area contributed by atoms with Crippen LogP contribution in [0.15, 0.2) is 28.9 Å². The van der Waals surface area contributed by atoms with E-state index in [4.69, 9.17) is 9.26 Å². The van der Waals surface area contributed by atoms with Crippen LogP contribution in [-0.2, 0) is 16.0 Å². The van der Waals surface area contributed by atoms with E-state index in [0.717, 1.165) is 25.3 Å². The van der Waals surface area contributed by atoms with Crippen LogP contribution in [0.2, 0.25) is 0 Å². The van der Waals surface area contributed by atoms with E-state index >= 15 is 0 Å². The van der Waals surface area contributed by atoms with Gasteiger partial charge in [0.25, 0.3) is 0 Å². The summed E-state index contributed by atoms with van der Waals surface area (Å²) >= 11 is 0. The normalized spacial score (nSPS) is 23.4. The van der Waals surface area contributed by atoms with Crippen molar-refractivity contribution >= 4 is 11.7 Å². The average Bonchev–Trinajstić information content (AvgIpc) is 3.18. The van der Waals surface area contributed by atoms with Gasteiger partial charge in [-0.1, -0.05) is 11.2 Å². The third-order valence-electron chi connectivity index (χ3n) is 5.08. The molecular weight excluding hydrogens is 334 g/mol. The molecule has 4 heterocycles. The number of ether oxygens (including phenoxy) is 1. The lowest BCUT2D eigenvalue weighted by molar-refractivity contribution is -0.131. The smallest absolute Gasteiger partial charge is 0.236 e. The summed E-state index contributed by atoms with van der Waals surface area (Å²) in [6.07, 6.45) is 2.93. The van der Waals surface area contributed by atoms with Gasteiger partial charge in [0.1, 0.15) is 12.2 Å². The zero-order valence-electron chi connectivity index (χ0n) is 14.9. The van der Waals surface area contributed by atoms with Crippen LogP contribution in [0.5, 0.6) is 0 Å². The molecule has 4 rings (SSSR count). The van der Waals surface area contributed by atoms with Gasteiger partial charge in [-0.15, -0.1) is 0 Å². The zero-order chi connectivity index (χ0) is 18.0. The minimum atomic E-state index is -0.0611. The topological polar surface area (TPSA) is 84.6 Å². The summed E-state index contributed by atoms with van der Waals surface area (Å²) in [5.74, 6) is 1.90. The predicted molar refractivity (Wildman–Crippen MR) is 93.6 cm³/mol. The van der Waals surface area contributed by atoms with E-state index in [2.05, 4.69) is 20.0 Å². The van der Waals surface area contributed by atoms with Crippen molar-refractivity contribution < 1.29 is 14.1 Å². The van der Waals surface area contributed by atoms with Crippen molar-refractivity contribution in [2.45, 2.75) is 19.8 Å². The second kappa shape index (κ2) is 7.03. The van der Waals surface area contributed by atoms with Crippen molar-refractivity contribution in [2.75, 3.05) is 44.3 Å². The number of carbonyl (C=O) groups is 1. The van der Waals surface area contributed by atoms with Gasteiger partial charge < -0.3 is 19.1 Å². The molecule has 2 aliphatic heterocycles. The van der Waals surface area contributed by atoms with Gasteiger partial charge in [-0.05, 0) is 25.5 Å². The molecular formula is C18H23N5O3. The minimum Gasteiger partial charge on any atom is -0.379 e. The number of anilines is 1. The van der Waals surface area contributed by atoms with E-state index in [1.54, 1.807) is 6.92 Å². The van der Waals surface area contributed by atoms with Crippen LogP contribution in [0.3, 0.4) is 0 Å². The van der Waals surface area contributed by atoms with Crippen molar-refractivity contribution in [3.63, 3.8) is 0 Å². The molecule has 0 aromatic carbocycles. The number of pyridine rings is 1. The van der Waals surface area contributed by atoms with E-state index in [1.165, 1.54) is 0 Å². The van der Waals surface area contributed by atoms with Crippen LogP contribution in [0.25, 0.3) is 0 Å². The Bertz CT molecular complexity index is 765. The molecule has 1 atom stereocenters. The van der Waals surface area contributed by atoms with Gasteiger partial charge in [0.05, 0.1) is 13.2 Å². The Labute approximate surface area is 152 Å². The highest BCUT2D eigenvalue weighted by Crippen LogP contribution is 2.35. The van der Waals surface area contributed by atoms with Crippen LogP contribution < -0.4 is 4.90 Å². The summed E-state index contributed by atoms with van der Waals surface area (Å²) in [5.41, 5.74) is -0.0611. The number of rotatable bonds is 3. The summed E-state index contributed by atoms with van der Waals surface area (Å²) in [7, 11) is 0. The van der Waals surface area contributed by atoms with E-state index in [9.17, 15) is 4.79 Å². The van der Waals surface area contributed by atoms with Crippen molar-refractivity contribution in [2.24, 2.45) is 5.41 Å². The van der Waals surface area contributed by atoms with Crippen molar-refractivity contribution in [3.05, 3.63) is 36.1 Å². The molecule has 8 nitrogen and oxygen atoms in total. The molecule has 2 aromatic rings. The molecule has 2 saturated heterocycles. The lowest BCUT2D eigenvalue weighted by Crippen LogP contribution is -2.44. The highest BCUT2D eigenvalue weighted by Gasteiger charge is 2.42. The monoisotopic (exact) mass is 357 g/mol. The molecule has 0 N–H and O–H groups in total. The lowest BCUT2D eigenvalue weighted by Gasteiger charge is -2.31. The molecule has 2 fully saturated rings. The molecule has 0 bridgehead atoms. The number of amides is 1. The van der Waals surface area contributed by atoms with Gasteiger partial charge in [-0.3, -0.25) is 4.79 Å². The lowest BCUT2D eigenvalue weighted by atomic mass is 9.87. The Morgan fingerprint density at radius 2 is 2.23 bits per heavy atom. The molecule has 0 saturated carbocycles. The molecule has 1 amide bonds. The third-order valence-corrected chi connectivity index (χ3v) is 5.08. The summed E-state index contributed by atoms with van der Waals surface area (Å²) in [6.45, 7) is 6.01. The Hall–Kier alpha value is -2.48. The first-order valence-electron chi connectivity index (χ1n) is 8.94. The Morgan fingerprint density at radius 3 is 3.00 bits per heavy atom. The minimum absolute atomic E-state index is 0.00908. The molecule has 138 valence electrons. The van der Waals surface area contributed by atoms with Crippen LogP contribution >= 0.6 is 0 Å². The predicted octanol–water partition coefficient (Wildman–Crippen LogP) is 1.07. The van der Waals surface area contributed by atoms with Gasteiger partial charge in [-0.25, -0.2) is 4.98 Å². The summed E-state index contributed by atoms with van der Waals surface area (Å²) in [6, 6.07) is 5.94. The number of aromatic nitrogens is 3. The maximum Gasteiger partial charge on any atom is 0.236 e. The molecule has 0 aliphatic carbocycles. The van der Waals surface area contributed by atoms with E-state index < -0.39 is 0 Å². The number of carbonyl (C=O) groups excluding carboxylic acids is 1. The number of nitrogens with zero attached hydrogens (tertiary/aromatic N) is 5. The van der Waals surface area contributed by atoms with Crippen molar-refractivity contribution in [1.82, 2.24) is 20.0 Å². The van der Waals surface area contributed by atoms with Gasteiger partial charge >= 0.3 is 0 Å². The van der Waals surface area contributed by atoms with Crippen molar-refractivity contribution in [3.8, 4) is 0 Å². The standard InChI is InChI=1S/C18H23N5O3/c1-14-20-16(26-21-14)10-17(24)23-8-9-25-13-18(12-23)5-7-22(11-18)15-4-2-3-6-19-15/h2-4,6H,5,7-13H2,1H3/t18-/m0/s1. The number of hydrogen-bond acceptors (Lipinski definition) is 7. The first kappa shape index (κ1) is 17.0. The van der Waals surface area contributed by atoms with Gasteiger partial charge in [0.2, 0.25) is 11.8 Å². The molecule has 26 heavy (non-hydrogen) atoms. The fourth-order valence-electron chi connectivity index (χ4n) is 3.78. The first-order chi connectivity index (χ1) is 12.6. The third kappa shape index (κ3) is 3.55. The van der Waals surface area contributed by atoms with Crippen LogP contribution in [-0.4, -0.2) is 65.3 Å². The summed E-state index contributed by atoms with van der Waals surface area (Å²) in [5, 5.41) is 3.75. The fourth-order valence-corrected chi connectivity index (χ4v) is 3.78. The van der Waals surface area contributed by atoms with Crippen LogP contribution in [0.4, 0.5) is 5.82 Å². The van der Waals surface area contributed by atoms with Crippen LogP contribution in [0.1, 0.15) is 18.1 Å². The Kier molecular flexibility index (Phi) is 4.58. The van der Waals surface area contributed by atoms with Gasteiger partial charge in [-0.2, -0.15) is 4.98 Å². The molecule has 0 unspecified atom stereocenters. The largest absolute Gasteiger partial charge is 0.379 e. The quantitative estimate of drug-likeness (QED) is 0.812. The Balaban J connectivity index is 1.45. The molecule has 1 spiro atoms. The molecule has 0 radical (unpaired) electrons. The van der Waals surface area contributed by atoms with E-state index in [0.29, 0.717) is 38.0 Å². The van der Waals surface area contributed by atoms with Crippen LogP contribution in [0, 0.1) is 12.3 Å².